The minimum atomic E-state index is -0.482. The highest BCUT2D eigenvalue weighted by atomic mass is 79.9. The quantitative estimate of drug-likeness (QED) is 0.0755. The lowest BCUT2D eigenvalue weighted by atomic mass is 10.0. The van der Waals surface area contributed by atoms with E-state index in [1.165, 1.54) is 19.2 Å². The molecule has 0 saturated carbocycles. The zero-order valence-electron chi connectivity index (χ0n) is 21.8. The third-order valence-electron chi connectivity index (χ3n) is 5.92. The van der Waals surface area contributed by atoms with Gasteiger partial charge in [-0.1, -0.05) is 36.4 Å². The molecule has 4 aromatic carbocycles. The zero-order chi connectivity index (χ0) is 28.5. The number of methoxy groups -OCH3 is 2. The molecule has 202 valence electrons. The van der Waals surface area contributed by atoms with Crippen molar-refractivity contribution in [3.8, 4) is 29.1 Å². The summed E-state index contributed by atoms with van der Waals surface area (Å²) in [5.74, 6) is 2.19. The minimum absolute atomic E-state index is 0.0427. The predicted octanol–water partition coefficient (Wildman–Crippen LogP) is 7.60. The van der Waals surface area contributed by atoms with Gasteiger partial charge in [0.25, 0.3) is 5.69 Å². The van der Waals surface area contributed by atoms with Gasteiger partial charge < -0.3 is 18.9 Å². The van der Waals surface area contributed by atoms with E-state index in [0.717, 1.165) is 11.1 Å². The third-order valence-corrected chi connectivity index (χ3v) is 6.51. The van der Waals surface area contributed by atoms with E-state index in [9.17, 15) is 15.4 Å². The summed E-state index contributed by atoms with van der Waals surface area (Å²) in [5, 5.41) is 20.6. The van der Waals surface area contributed by atoms with E-state index in [-0.39, 0.29) is 12.3 Å². The Labute approximate surface area is 240 Å². The number of nitrogens with zero attached hydrogens (tertiary/aromatic N) is 2. The van der Waals surface area contributed by atoms with Crippen LogP contribution >= 0.6 is 15.9 Å². The Morgan fingerprint density at radius 3 is 2.23 bits per heavy atom. The summed E-state index contributed by atoms with van der Waals surface area (Å²) in [6.45, 7) is 0.668. The predicted molar refractivity (Wildman–Crippen MR) is 155 cm³/mol. The molecular formula is C31H25BrN2O6. The molecule has 0 aliphatic carbocycles. The fraction of sp³-hybridized carbons (Fsp3) is 0.129. The topological polar surface area (TPSA) is 104 Å². The molecule has 0 aliphatic rings. The molecule has 0 saturated heterocycles. The highest BCUT2D eigenvalue weighted by molar-refractivity contribution is 9.10. The highest BCUT2D eigenvalue weighted by Crippen LogP contribution is 2.39. The molecule has 8 nitrogen and oxygen atoms in total. The van der Waals surface area contributed by atoms with E-state index in [1.54, 1.807) is 31.4 Å². The molecule has 0 bridgehead atoms. The number of hydrogen-bond donors (Lipinski definition) is 0. The van der Waals surface area contributed by atoms with E-state index >= 15 is 0 Å². The van der Waals surface area contributed by atoms with Gasteiger partial charge in [0.1, 0.15) is 13.2 Å². The Kier molecular flexibility index (Phi) is 9.39. The second-order valence-corrected chi connectivity index (χ2v) is 9.41. The van der Waals surface area contributed by atoms with E-state index in [4.69, 9.17) is 18.9 Å². The SMILES string of the molecule is COc1cc(COc2c(Br)cc(/C=C(\C#N)c3ccc([N+](=O)[O-])cc3)cc2OC)ccc1OCc1ccccc1. The third kappa shape index (κ3) is 6.98. The fourth-order valence-electron chi connectivity index (χ4n) is 3.88. The van der Waals surface area contributed by atoms with Crippen molar-refractivity contribution >= 4 is 33.3 Å². The Morgan fingerprint density at radius 2 is 1.57 bits per heavy atom. The van der Waals surface area contributed by atoms with Crippen molar-refractivity contribution in [1.82, 2.24) is 0 Å². The van der Waals surface area contributed by atoms with Crippen molar-refractivity contribution in [1.29, 1.82) is 5.26 Å². The average Bonchev–Trinajstić information content (AvgIpc) is 2.98. The first-order chi connectivity index (χ1) is 19.4. The monoisotopic (exact) mass is 600 g/mol. The number of hydrogen-bond acceptors (Lipinski definition) is 7. The Balaban J connectivity index is 1.50. The van der Waals surface area contributed by atoms with Crippen molar-refractivity contribution < 1.29 is 23.9 Å². The first-order valence-corrected chi connectivity index (χ1v) is 12.9. The number of nitriles is 1. The van der Waals surface area contributed by atoms with Gasteiger partial charge in [0, 0.05) is 12.1 Å². The van der Waals surface area contributed by atoms with Gasteiger partial charge in [-0.05, 0) is 80.7 Å². The molecule has 0 unspecified atom stereocenters. The van der Waals surface area contributed by atoms with Gasteiger partial charge in [0.05, 0.1) is 35.3 Å². The number of benzene rings is 4. The number of ether oxygens (including phenoxy) is 4. The fourth-order valence-corrected chi connectivity index (χ4v) is 4.46. The Bertz CT molecular complexity index is 1560. The van der Waals surface area contributed by atoms with Crippen molar-refractivity contribution in [2.75, 3.05) is 14.2 Å². The molecule has 4 rings (SSSR count). The minimum Gasteiger partial charge on any atom is -0.493 e. The van der Waals surface area contributed by atoms with Crippen LogP contribution in [-0.2, 0) is 13.2 Å². The van der Waals surface area contributed by atoms with Crippen LogP contribution in [-0.4, -0.2) is 19.1 Å². The van der Waals surface area contributed by atoms with Crippen molar-refractivity contribution in [2.24, 2.45) is 0 Å². The number of nitro groups is 1. The second kappa shape index (κ2) is 13.3. The largest absolute Gasteiger partial charge is 0.493 e. The molecule has 0 N–H and O–H groups in total. The van der Waals surface area contributed by atoms with E-state index in [0.29, 0.717) is 50.8 Å². The van der Waals surface area contributed by atoms with Crippen LogP contribution in [0.1, 0.15) is 22.3 Å². The van der Waals surface area contributed by atoms with E-state index in [1.807, 2.05) is 54.6 Å². The van der Waals surface area contributed by atoms with Crippen LogP contribution in [0, 0.1) is 21.4 Å². The first-order valence-electron chi connectivity index (χ1n) is 12.1. The molecule has 4 aromatic rings. The molecule has 0 fully saturated rings. The van der Waals surface area contributed by atoms with Crippen LogP contribution < -0.4 is 18.9 Å². The van der Waals surface area contributed by atoms with E-state index < -0.39 is 4.92 Å². The van der Waals surface area contributed by atoms with Gasteiger partial charge in [-0.3, -0.25) is 10.1 Å². The molecule has 9 heteroatoms. The van der Waals surface area contributed by atoms with Crippen LogP contribution in [0.4, 0.5) is 5.69 Å². The van der Waals surface area contributed by atoms with Crippen LogP contribution in [0.25, 0.3) is 11.6 Å². The lowest BCUT2D eigenvalue weighted by Crippen LogP contribution is -2.01. The summed E-state index contributed by atoms with van der Waals surface area (Å²) >= 11 is 3.55. The Hall–Kier alpha value is -4.81. The lowest BCUT2D eigenvalue weighted by molar-refractivity contribution is -0.384. The number of allylic oxidation sites excluding steroid dienone is 1. The van der Waals surface area contributed by atoms with Crippen LogP contribution in [0.15, 0.2) is 89.4 Å². The van der Waals surface area contributed by atoms with Gasteiger partial charge >= 0.3 is 0 Å². The zero-order valence-corrected chi connectivity index (χ0v) is 23.4. The summed E-state index contributed by atoms with van der Waals surface area (Å²) in [6, 6.07) is 27.0. The van der Waals surface area contributed by atoms with Gasteiger partial charge in [-0.2, -0.15) is 5.26 Å². The molecule has 0 radical (unpaired) electrons. The molecule has 0 aromatic heterocycles. The lowest BCUT2D eigenvalue weighted by Gasteiger charge is -2.15. The molecular weight excluding hydrogens is 576 g/mol. The molecule has 0 atom stereocenters. The Morgan fingerprint density at radius 1 is 0.875 bits per heavy atom. The number of rotatable bonds is 11. The van der Waals surface area contributed by atoms with Crippen LogP contribution in [0.2, 0.25) is 0 Å². The highest BCUT2D eigenvalue weighted by Gasteiger charge is 2.14. The maximum atomic E-state index is 10.9. The summed E-state index contributed by atoms with van der Waals surface area (Å²) in [4.78, 5) is 10.5. The molecule has 0 heterocycles. The van der Waals surface area contributed by atoms with Gasteiger partial charge in [-0.15, -0.1) is 0 Å². The smallest absolute Gasteiger partial charge is 0.269 e. The molecule has 0 amide bonds. The maximum absolute atomic E-state index is 10.9. The van der Waals surface area contributed by atoms with Crippen LogP contribution in [0.3, 0.4) is 0 Å². The number of halogens is 1. The summed E-state index contributed by atoms with van der Waals surface area (Å²) in [7, 11) is 3.12. The number of non-ortho nitro benzene ring substituents is 1. The number of nitro benzene ring substituents is 1. The summed E-state index contributed by atoms with van der Waals surface area (Å²) in [5.41, 5.74) is 3.48. The normalized spacial score (nSPS) is 10.9. The summed E-state index contributed by atoms with van der Waals surface area (Å²) < 4.78 is 23.8. The molecule has 40 heavy (non-hydrogen) atoms. The van der Waals surface area contributed by atoms with E-state index in [2.05, 4.69) is 22.0 Å². The van der Waals surface area contributed by atoms with Gasteiger partial charge in [-0.25, -0.2) is 0 Å². The first kappa shape index (κ1) is 28.2. The van der Waals surface area contributed by atoms with Crippen molar-refractivity contribution in [3.63, 3.8) is 0 Å². The molecule has 0 aliphatic heterocycles. The summed E-state index contributed by atoms with van der Waals surface area (Å²) in [6.07, 6.45) is 1.68. The molecule has 0 spiro atoms. The van der Waals surface area contributed by atoms with Crippen molar-refractivity contribution in [2.45, 2.75) is 13.2 Å². The standard InChI is InChI=1S/C31H25BrN2O6/c1-37-29-16-22(8-13-28(29)39-19-21-6-4-3-5-7-21)20-40-31-27(32)15-23(17-30(31)38-2)14-25(18-33)24-9-11-26(12-10-24)34(35)36/h3-17H,19-20H2,1-2H3/b25-14+. The second-order valence-electron chi connectivity index (χ2n) is 8.56. The van der Waals surface area contributed by atoms with Gasteiger partial charge in [0.15, 0.2) is 23.0 Å². The maximum Gasteiger partial charge on any atom is 0.269 e. The average molecular weight is 601 g/mol. The van der Waals surface area contributed by atoms with Crippen molar-refractivity contribution in [3.05, 3.63) is 122 Å². The van der Waals surface area contributed by atoms with Gasteiger partial charge in [0.2, 0.25) is 0 Å². The van der Waals surface area contributed by atoms with Crippen LogP contribution in [0.5, 0.6) is 23.0 Å².